The zero-order chi connectivity index (χ0) is 16.8. The molecule has 24 heavy (non-hydrogen) atoms. The van der Waals surface area contributed by atoms with E-state index in [-0.39, 0.29) is 5.91 Å². The zero-order valence-electron chi connectivity index (χ0n) is 14.1. The average Bonchev–Trinajstić information content (AvgIpc) is 3.00. The standard InChI is InChI=1S/C18H24N4OS/c1-22-17(15-10-6-3-7-11-15)20-21-18(22)24-13-16(23)19-12-14-8-4-2-5-9-14/h3,6-7,10-11,14H,2,4-5,8-9,12-13H2,1H3,(H,19,23). The van der Waals surface area contributed by atoms with E-state index >= 15 is 0 Å². The molecule has 5 nitrogen and oxygen atoms in total. The van der Waals surface area contributed by atoms with E-state index < -0.39 is 0 Å². The Balaban J connectivity index is 1.49. The Morgan fingerprint density at radius 2 is 1.96 bits per heavy atom. The van der Waals surface area contributed by atoms with Crippen molar-refractivity contribution in [3.63, 3.8) is 0 Å². The van der Waals surface area contributed by atoms with Gasteiger partial charge in [-0.1, -0.05) is 61.4 Å². The second kappa shape index (κ2) is 8.33. The summed E-state index contributed by atoms with van der Waals surface area (Å²) in [4.78, 5) is 12.1. The Morgan fingerprint density at radius 1 is 1.21 bits per heavy atom. The molecule has 1 aromatic heterocycles. The van der Waals surface area contributed by atoms with Gasteiger partial charge in [-0.05, 0) is 18.8 Å². The lowest BCUT2D eigenvalue weighted by Crippen LogP contribution is -2.31. The van der Waals surface area contributed by atoms with Gasteiger partial charge in [-0.2, -0.15) is 0 Å². The molecule has 2 aromatic rings. The summed E-state index contributed by atoms with van der Waals surface area (Å²) < 4.78 is 1.94. The highest BCUT2D eigenvalue weighted by molar-refractivity contribution is 7.99. The first-order chi connectivity index (χ1) is 11.7. The maximum Gasteiger partial charge on any atom is 0.230 e. The fourth-order valence-electron chi connectivity index (χ4n) is 3.11. The predicted octanol–water partition coefficient (Wildman–Crippen LogP) is 3.27. The molecule has 0 aliphatic heterocycles. The van der Waals surface area contributed by atoms with Gasteiger partial charge >= 0.3 is 0 Å². The Morgan fingerprint density at radius 3 is 2.71 bits per heavy atom. The van der Waals surface area contributed by atoms with E-state index in [2.05, 4.69) is 15.5 Å². The van der Waals surface area contributed by atoms with Crippen molar-refractivity contribution < 1.29 is 4.79 Å². The summed E-state index contributed by atoms with van der Waals surface area (Å²) in [5.41, 5.74) is 1.03. The van der Waals surface area contributed by atoms with Crippen LogP contribution in [0.3, 0.4) is 0 Å². The smallest absolute Gasteiger partial charge is 0.230 e. The number of carbonyl (C=O) groups excluding carboxylic acids is 1. The molecule has 1 fully saturated rings. The zero-order valence-corrected chi connectivity index (χ0v) is 14.9. The first kappa shape index (κ1) is 17.0. The molecule has 1 saturated carbocycles. The van der Waals surface area contributed by atoms with Crippen molar-refractivity contribution >= 4 is 17.7 Å². The third-order valence-corrected chi connectivity index (χ3v) is 5.53. The van der Waals surface area contributed by atoms with E-state index in [1.807, 2.05) is 41.9 Å². The molecule has 1 aliphatic rings. The molecule has 1 aromatic carbocycles. The Kier molecular flexibility index (Phi) is 5.91. The Labute approximate surface area is 147 Å². The molecule has 1 heterocycles. The predicted molar refractivity (Wildman–Crippen MR) is 96.7 cm³/mol. The molecule has 0 radical (unpaired) electrons. The first-order valence-corrected chi connectivity index (χ1v) is 9.57. The van der Waals surface area contributed by atoms with E-state index in [0.717, 1.165) is 23.1 Å². The second-order valence-corrected chi connectivity index (χ2v) is 7.27. The molecule has 128 valence electrons. The third-order valence-electron chi connectivity index (χ3n) is 4.51. The number of nitrogens with one attached hydrogen (secondary N) is 1. The summed E-state index contributed by atoms with van der Waals surface area (Å²) in [5, 5.41) is 12.3. The highest BCUT2D eigenvalue weighted by Crippen LogP contribution is 2.24. The third kappa shape index (κ3) is 4.38. The second-order valence-electron chi connectivity index (χ2n) is 6.33. The summed E-state index contributed by atoms with van der Waals surface area (Å²) >= 11 is 1.43. The Hall–Kier alpha value is -1.82. The van der Waals surface area contributed by atoms with Crippen LogP contribution in [0.4, 0.5) is 0 Å². The van der Waals surface area contributed by atoms with Gasteiger partial charge in [0.25, 0.3) is 0 Å². The van der Waals surface area contributed by atoms with Gasteiger partial charge in [0.05, 0.1) is 5.75 Å². The van der Waals surface area contributed by atoms with E-state index in [4.69, 9.17) is 0 Å². The number of hydrogen-bond acceptors (Lipinski definition) is 4. The molecule has 3 rings (SSSR count). The lowest BCUT2D eigenvalue weighted by atomic mass is 9.89. The van der Waals surface area contributed by atoms with Crippen molar-refractivity contribution in [3.05, 3.63) is 30.3 Å². The van der Waals surface area contributed by atoms with Crippen LogP contribution in [0, 0.1) is 5.92 Å². The molecule has 1 N–H and O–H groups in total. The molecule has 0 atom stereocenters. The molecular formula is C18H24N4OS. The van der Waals surface area contributed by atoms with Gasteiger partial charge in [-0.3, -0.25) is 4.79 Å². The van der Waals surface area contributed by atoms with Crippen molar-refractivity contribution in [2.75, 3.05) is 12.3 Å². The van der Waals surface area contributed by atoms with Crippen LogP contribution in [0.2, 0.25) is 0 Å². The lowest BCUT2D eigenvalue weighted by molar-refractivity contribution is -0.118. The molecule has 6 heteroatoms. The molecule has 0 spiro atoms. The average molecular weight is 344 g/mol. The molecule has 1 amide bonds. The van der Waals surface area contributed by atoms with Crippen molar-refractivity contribution in [2.45, 2.75) is 37.3 Å². The highest BCUT2D eigenvalue weighted by Gasteiger charge is 2.15. The van der Waals surface area contributed by atoms with Crippen LogP contribution in [0.5, 0.6) is 0 Å². The fraction of sp³-hybridized carbons (Fsp3) is 0.500. The fourth-order valence-corrected chi connectivity index (χ4v) is 3.85. The number of thioether (sulfide) groups is 1. The summed E-state index contributed by atoms with van der Waals surface area (Å²) in [5.74, 6) is 1.94. The summed E-state index contributed by atoms with van der Waals surface area (Å²) in [6.45, 7) is 0.813. The SMILES string of the molecule is Cn1c(SCC(=O)NCC2CCCCC2)nnc1-c1ccccc1. The summed E-state index contributed by atoms with van der Waals surface area (Å²) in [6.07, 6.45) is 6.44. The van der Waals surface area contributed by atoms with Crippen LogP contribution in [0.25, 0.3) is 11.4 Å². The van der Waals surface area contributed by atoms with Crippen molar-refractivity contribution in [1.29, 1.82) is 0 Å². The van der Waals surface area contributed by atoms with Gasteiger partial charge in [0, 0.05) is 19.2 Å². The van der Waals surface area contributed by atoms with E-state index in [9.17, 15) is 4.79 Å². The Bertz CT molecular complexity index is 665. The molecule has 1 aliphatic carbocycles. The topological polar surface area (TPSA) is 59.8 Å². The molecule has 0 saturated heterocycles. The minimum atomic E-state index is 0.0786. The highest BCUT2D eigenvalue weighted by atomic mass is 32.2. The van der Waals surface area contributed by atoms with Gasteiger partial charge in [-0.25, -0.2) is 0 Å². The monoisotopic (exact) mass is 344 g/mol. The van der Waals surface area contributed by atoms with Crippen LogP contribution in [0.15, 0.2) is 35.5 Å². The van der Waals surface area contributed by atoms with Gasteiger partial charge in [-0.15, -0.1) is 10.2 Å². The normalized spacial score (nSPS) is 15.4. The van der Waals surface area contributed by atoms with E-state index in [0.29, 0.717) is 11.7 Å². The molecule has 0 unspecified atom stereocenters. The van der Waals surface area contributed by atoms with Crippen molar-refractivity contribution in [1.82, 2.24) is 20.1 Å². The van der Waals surface area contributed by atoms with Crippen LogP contribution in [-0.4, -0.2) is 33.0 Å². The number of hydrogen-bond donors (Lipinski definition) is 1. The number of carbonyl (C=O) groups is 1. The maximum absolute atomic E-state index is 12.1. The molecule has 0 bridgehead atoms. The van der Waals surface area contributed by atoms with Gasteiger partial charge in [0.15, 0.2) is 11.0 Å². The van der Waals surface area contributed by atoms with Crippen LogP contribution in [0.1, 0.15) is 32.1 Å². The minimum Gasteiger partial charge on any atom is -0.355 e. The van der Waals surface area contributed by atoms with Crippen LogP contribution >= 0.6 is 11.8 Å². The molecular weight excluding hydrogens is 320 g/mol. The lowest BCUT2D eigenvalue weighted by Gasteiger charge is -2.21. The summed E-state index contributed by atoms with van der Waals surface area (Å²) in [6, 6.07) is 9.96. The van der Waals surface area contributed by atoms with Crippen LogP contribution in [-0.2, 0) is 11.8 Å². The number of aromatic nitrogens is 3. The number of benzene rings is 1. The maximum atomic E-state index is 12.1. The van der Waals surface area contributed by atoms with Crippen molar-refractivity contribution in [3.8, 4) is 11.4 Å². The largest absolute Gasteiger partial charge is 0.355 e. The minimum absolute atomic E-state index is 0.0786. The van der Waals surface area contributed by atoms with Gasteiger partial charge in [0.2, 0.25) is 5.91 Å². The van der Waals surface area contributed by atoms with E-state index in [1.165, 1.54) is 43.9 Å². The quantitative estimate of drug-likeness (QED) is 0.817. The number of nitrogens with zero attached hydrogens (tertiary/aromatic N) is 3. The van der Waals surface area contributed by atoms with Gasteiger partial charge < -0.3 is 9.88 Å². The number of rotatable bonds is 6. The summed E-state index contributed by atoms with van der Waals surface area (Å²) in [7, 11) is 1.94. The van der Waals surface area contributed by atoms with Gasteiger partial charge in [0.1, 0.15) is 0 Å². The number of amides is 1. The first-order valence-electron chi connectivity index (χ1n) is 8.58. The van der Waals surface area contributed by atoms with E-state index in [1.54, 1.807) is 0 Å². The van der Waals surface area contributed by atoms with Crippen molar-refractivity contribution in [2.24, 2.45) is 13.0 Å². The van der Waals surface area contributed by atoms with Crippen LogP contribution < -0.4 is 5.32 Å².